The minimum atomic E-state index is 0.931. The van der Waals surface area contributed by atoms with Crippen LogP contribution >= 0.6 is 0 Å². The van der Waals surface area contributed by atoms with Gasteiger partial charge in [0.1, 0.15) is 11.6 Å². The standard InChI is InChI=1S/C20H29N3/c1-15-11-13-16(14-12-15)7-6-10-19-21-18-9-5-4-8-17(18)20(22-19)23(2)3/h4-5,8-9,15-16H,6-7,10-14H2,1-3H3. The van der Waals surface area contributed by atoms with Crippen molar-refractivity contribution in [3.63, 3.8) is 0 Å². The van der Waals surface area contributed by atoms with Crippen LogP contribution in [0.15, 0.2) is 24.3 Å². The number of aromatic nitrogens is 2. The molecule has 1 aliphatic carbocycles. The van der Waals surface area contributed by atoms with Gasteiger partial charge in [0.05, 0.1) is 5.52 Å². The third-order valence-corrected chi connectivity index (χ3v) is 5.20. The molecule has 23 heavy (non-hydrogen) atoms. The maximum Gasteiger partial charge on any atom is 0.139 e. The normalized spacial score (nSPS) is 21.5. The maximum atomic E-state index is 4.81. The summed E-state index contributed by atoms with van der Waals surface area (Å²) in [6.45, 7) is 2.39. The lowest BCUT2D eigenvalue weighted by Gasteiger charge is -2.26. The average molecular weight is 311 g/mol. The highest BCUT2D eigenvalue weighted by Gasteiger charge is 2.18. The van der Waals surface area contributed by atoms with Gasteiger partial charge in [0.25, 0.3) is 0 Å². The smallest absolute Gasteiger partial charge is 0.139 e. The fourth-order valence-electron chi connectivity index (χ4n) is 3.73. The predicted octanol–water partition coefficient (Wildman–Crippen LogP) is 4.84. The van der Waals surface area contributed by atoms with Crippen LogP contribution in [-0.4, -0.2) is 24.1 Å². The number of benzene rings is 1. The van der Waals surface area contributed by atoms with Gasteiger partial charge in [-0.15, -0.1) is 0 Å². The molecule has 2 aromatic rings. The molecule has 1 aliphatic rings. The summed E-state index contributed by atoms with van der Waals surface area (Å²) in [4.78, 5) is 11.7. The Morgan fingerprint density at radius 1 is 1.04 bits per heavy atom. The summed E-state index contributed by atoms with van der Waals surface area (Å²) in [6.07, 6.45) is 9.22. The molecule has 0 aliphatic heterocycles. The highest BCUT2D eigenvalue weighted by molar-refractivity contribution is 5.89. The molecular formula is C20H29N3. The molecule has 0 unspecified atom stereocenters. The van der Waals surface area contributed by atoms with Gasteiger partial charge in [0.15, 0.2) is 0 Å². The summed E-state index contributed by atoms with van der Waals surface area (Å²) in [5, 5.41) is 1.14. The van der Waals surface area contributed by atoms with Crippen LogP contribution in [0.25, 0.3) is 10.9 Å². The van der Waals surface area contributed by atoms with Gasteiger partial charge < -0.3 is 4.90 Å². The second kappa shape index (κ2) is 7.29. The minimum Gasteiger partial charge on any atom is -0.362 e. The van der Waals surface area contributed by atoms with Crippen molar-refractivity contribution in [2.45, 2.75) is 51.9 Å². The fourth-order valence-corrected chi connectivity index (χ4v) is 3.73. The van der Waals surface area contributed by atoms with Gasteiger partial charge in [-0.25, -0.2) is 9.97 Å². The lowest BCUT2D eigenvalue weighted by atomic mass is 9.81. The van der Waals surface area contributed by atoms with Crippen molar-refractivity contribution >= 4 is 16.7 Å². The van der Waals surface area contributed by atoms with E-state index in [-0.39, 0.29) is 0 Å². The number of rotatable bonds is 5. The van der Waals surface area contributed by atoms with E-state index in [1.807, 2.05) is 0 Å². The molecule has 1 saturated carbocycles. The molecular weight excluding hydrogens is 282 g/mol. The molecule has 1 aromatic carbocycles. The first-order valence-electron chi connectivity index (χ1n) is 9.06. The Morgan fingerprint density at radius 2 is 1.78 bits per heavy atom. The van der Waals surface area contributed by atoms with Gasteiger partial charge in [-0.2, -0.15) is 0 Å². The average Bonchev–Trinajstić information content (AvgIpc) is 2.56. The fraction of sp³-hybridized carbons (Fsp3) is 0.600. The topological polar surface area (TPSA) is 29.0 Å². The van der Waals surface area contributed by atoms with Crippen molar-refractivity contribution in [3.05, 3.63) is 30.1 Å². The van der Waals surface area contributed by atoms with E-state index >= 15 is 0 Å². The van der Waals surface area contributed by atoms with E-state index in [9.17, 15) is 0 Å². The molecule has 0 amide bonds. The predicted molar refractivity (Wildman–Crippen MR) is 97.9 cm³/mol. The zero-order valence-electron chi connectivity index (χ0n) is 14.8. The van der Waals surface area contributed by atoms with Gasteiger partial charge in [-0.1, -0.05) is 51.2 Å². The van der Waals surface area contributed by atoms with Crippen molar-refractivity contribution in [2.24, 2.45) is 11.8 Å². The first kappa shape index (κ1) is 16.2. The van der Waals surface area contributed by atoms with E-state index in [0.717, 1.165) is 40.8 Å². The van der Waals surface area contributed by atoms with Crippen LogP contribution in [0.1, 0.15) is 51.3 Å². The lowest BCUT2D eigenvalue weighted by molar-refractivity contribution is 0.273. The van der Waals surface area contributed by atoms with Gasteiger partial charge in [-0.3, -0.25) is 0 Å². The van der Waals surface area contributed by atoms with Crippen LogP contribution in [0.4, 0.5) is 5.82 Å². The number of anilines is 1. The Balaban J connectivity index is 1.66. The van der Waals surface area contributed by atoms with E-state index in [4.69, 9.17) is 9.97 Å². The Kier molecular flexibility index (Phi) is 5.14. The van der Waals surface area contributed by atoms with Crippen molar-refractivity contribution in [3.8, 4) is 0 Å². The summed E-state index contributed by atoms with van der Waals surface area (Å²) in [5.74, 6) is 3.91. The summed E-state index contributed by atoms with van der Waals surface area (Å²) in [5.41, 5.74) is 1.06. The third kappa shape index (κ3) is 4.01. The molecule has 0 atom stereocenters. The number of aryl methyl sites for hydroxylation is 1. The molecule has 0 bridgehead atoms. The SMILES string of the molecule is CC1CCC(CCCc2nc(N(C)C)c3ccccc3n2)CC1. The quantitative estimate of drug-likeness (QED) is 0.791. The summed E-state index contributed by atoms with van der Waals surface area (Å²) in [7, 11) is 4.11. The van der Waals surface area contributed by atoms with Crippen LogP contribution in [0.5, 0.6) is 0 Å². The Bertz CT molecular complexity index is 642. The number of fused-ring (bicyclic) bond motifs is 1. The molecule has 3 nitrogen and oxygen atoms in total. The molecule has 0 spiro atoms. The summed E-state index contributed by atoms with van der Waals surface area (Å²) in [6, 6.07) is 8.32. The van der Waals surface area contributed by atoms with E-state index in [2.05, 4.69) is 50.2 Å². The van der Waals surface area contributed by atoms with Crippen LogP contribution in [0.2, 0.25) is 0 Å². The van der Waals surface area contributed by atoms with Gasteiger partial charge in [-0.05, 0) is 30.4 Å². The van der Waals surface area contributed by atoms with E-state index in [1.165, 1.54) is 38.5 Å². The van der Waals surface area contributed by atoms with Crippen molar-refractivity contribution in [1.29, 1.82) is 0 Å². The first-order chi connectivity index (χ1) is 11.1. The zero-order valence-corrected chi connectivity index (χ0v) is 14.8. The molecule has 0 saturated heterocycles. The summed E-state index contributed by atoms with van der Waals surface area (Å²) < 4.78 is 0. The monoisotopic (exact) mass is 311 g/mol. The Hall–Kier alpha value is -1.64. The molecule has 3 heteroatoms. The zero-order chi connectivity index (χ0) is 16.2. The molecule has 0 N–H and O–H groups in total. The Morgan fingerprint density at radius 3 is 2.52 bits per heavy atom. The van der Waals surface area contributed by atoms with Crippen LogP contribution in [-0.2, 0) is 6.42 Å². The molecule has 1 aromatic heterocycles. The Labute approximate surface area is 140 Å². The highest BCUT2D eigenvalue weighted by atomic mass is 15.1. The van der Waals surface area contributed by atoms with E-state index in [0.29, 0.717) is 0 Å². The molecule has 1 fully saturated rings. The van der Waals surface area contributed by atoms with Crippen molar-refractivity contribution < 1.29 is 0 Å². The molecule has 3 rings (SSSR count). The van der Waals surface area contributed by atoms with Crippen LogP contribution in [0.3, 0.4) is 0 Å². The maximum absolute atomic E-state index is 4.81. The van der Waals surface area contributed by atoms with Crippen LogP contribution < -0.4 is 4.90 Å². The van der Waals surface area contributed by atoms with E-state index < -0.39 is 0 Å². The lowest BCUT2D eigenvalue weighted by Crippen LogP contribution is -2.14. The first-order valence-corrected chi connectivity index (χ1v) is 9.06. The molecule has 124 valence electrons. The number of hydrogen-bond donors (Lipinski definition) is 0. The van der Waals surface area contributed by atoms with Crippen LogP contribution in [0, 0.1) is 11.8 Å². The number of nitrogens with zero attached hydrogens (tertiary/aromatic N) is 3. The minimum absolute atomic E-state index is 0.931. The van der Waals surface area contributed by atoms with E-state index in [1.54, 1.807) is 0 Å². The van der Waals surface area contributed by atoms with Gasteiger partial charge in [0, 0.05) is 25.9 Å². The van der Waals surface area contributed by atoms with Crippen molar-refractivity contribution in [2.75, 3.05) is 19.0 Å². The van der Waals surface area contributed by atoms with Crippen molar-refractivity contribution in [1.82, 2.24) is 9.97 Å². The molecule has 1 heterocycles. The summed E-state index contributed by atoms with van der Waals surface area (Å²) >= 11 is 0. The third-order valence-electron chi connectivity index (χ3n) is 5.20. The van der Waals surface area contributed by atoms with Gasteiger partial charge >= 0.3 is 0 Å². The second-order valence-electron chi connectivity index (χ2n) is 7.39. The largest absolute Gasteiger partial charge is 0.362 e. The molecule has 0 radical (unpaired) electrons. The highest BCUT2D eigenvalue weighted by Crippen LogP contribution is 2.31. The number of hydrogen-bond acceptors (Lipinski definition) is 3. The number of para-hydroxylation sites is 1. The second-order valence-corrected chi connectivity index (χ2v) is 7.39. The van der Waals surface area contributed by atoms with Gasteiger partial charge in [0.2, 0.25) is 0 Å².